The van der Waals surface area contributed by atoms with E-state index in [-0.39, 0.29) is 12.1 Å². The van der Waals surface area contributed by atoms with E-state index in [0.29, 0.717) is 0 Å². The Hall–Kier alpha value is -2.09. The number of carbonyl (C=O) groups excluding carboxylic acids is 3. The Balaban J connectivity index is 3.04. The van der Waals surface area contributed by atoms with Gasteiger partial charge in [0.1, 0.15) is 17.9 Å². The highest BCUT2D eigenvalue weighted by molar-refractivity contribution is 5.93. The van der Waals surface area contributed by atoms with Crippen molar-refractivity contribution >= 4 is 17.9 Å². The number of ether oxygens (including phenoxy) is 1. The number of nitrogens with zero attached hydrogens (tertiary/aromatic N) is 1. The van der Waals surface area contributed by atoms with Crippen molar-refractivity contribution < 1.29 is 24.2 Å². The van der Waals surface area contributed by atoms with Gasteiger partial charge in [-0.25, -0.2) is 4.79 Å². The lowest BCUT2D eigenvalue weighted by Gasteiger charge is -2.38. The summed E-state index contributed by atoms with van der Waals surface area (Å²) in [6.45, 7) is 6.16. The quantitative estimate of drug-likeness (QED) is 0.633. The maximum Gasteiger partial charge on any atom is 0.412 e. The molecular weight excluding hydrogens is 278 g/mol. The minimum atomic E-state index is -1.25. The van der Waals surface area contributed by atoms with Crippen LogP contribution in [0, 0.1) is 0 Å². The molecule has 0 spiro atoms. The Labute approximate surface area is 122 Å². The molecule has 2 atom stereocenters. The second-order valence-corrected chi connectivity index (χ2v) is 5.80. The summed E-state index contributed by atoms with van der Waals surface area (Å²) in [7, 11) is 0. The van der Waals surface area contributed by atoms with E-state index in [0.717, 1.165) is 4.90 Å². The summed E-state index contributed by atoms with van der Waals surface area (Å²) in [6, 6.07) is 0. The number of primary amides is 1. The standard InChI is InChI=1S/C13H21N3O5/c1-7(17)15-11-9(18)5-8(10(14)19)6-16(11)12(20)21-13(2,3)4/h5,9,11,18H,6H2,1-4H3,(H2,14,19)(H,15,17)/t9-,11-/m0/s1. The van der Waals surface area contributed by atoms with Crippen molar-refractivity contribution in [2.45, 2.75) is 45.6 Å². The molecule has 1 heterocycles. The van der Waals surface area contributed by atoms with E-state index in [9.17, 15) is 19.5 Å². The average Bonchev–Trinajstić information content (AvgIpc) is 2.28. The average molecular weight is 299 g/mol. The van der Waals surface area contributed by atoms with Crippen molar-refractivity contribution in [3.05, 3.63) is 11.6 Å². The lowest BCUT2D eigenvalue weighted by molar-refractivity contribution is -0.122. The predicted molar refractivity (Wildman–Crippen MR) is 73.8 cm³/mol. The highest BCUT2D eigenvalue weighted by Gasteiger charge is 2.37. The molecule has 1 rings (SSSR count). The Morgan fingerprint density at radius 3 is 2.43 bits per heavy atom. The van der Waals surface area contributed by atoms with Crippen LogP contribution in [0.1, 0.15) is 27.7 Å². The van der Waals surface area contributed by atoms with Gasteiger partial charge in [-0.1, -0.05) is 0 Å². The van der Waals surface area contributed by atoms with Gasteiger partial charge in [-0.2, -0.15) is 0 Å². The Kier molecular flexibility index (Phi) is 4.95. The van der Waals surface area contributed by atoms with E-state index in [1.165, 1.54) is 13.0 Å². The highest BCUT2D eigenvalue weighted by atomic mass is 16.6. The van der Waals surface area contributed by atoms with Crippen molar-refractivity contribution in [3.63, 3.8) is 0 Å². The third kappa shape index (κ3) is 4.75. The van der Waals surface area contributed by atoms with E-state index in [2.05, 4.69) is 5.32 Å². The van der Waals surface area contributed by atoms with Gasteiger partial charge in [0.05, 0.1) is 6.54 Å². The van der Waals surface area contributed by atoms with Gasteiger partial charge in [0.2, 0.25) is 11.8 Å². The van der Waals surface area contributed by atoms with Crippen LogP contribution in [0.25, 0.3) is 0 Å². The zero-order chi connectivity index (χ0) is 16.4. The lowest BCUT2D eigenvalue weighted by atomic mass is 10.0. The first kappa shape index (κ1) is 17.0. The minimum Gasteiger partial charge on any atom is -0.444 e. The lowest BCUT2D eigenvalue weighted by Crippen LogP contribution is -2.60. The van der Waals surface area contributed by atoms with Crippen LogP contribution in [0.5, 0.6) is 0 Å². The molecule has 118 valence electrons. The molecule has 0 aromatic heterocycles. The fourth-order valence-electron chi connectivity index (χ4n) is 1.85. The molecule has 0 aliphatic carbocycles. The molecule has 21 heavy (non-hydrogen) atoms. The molecule has 8 nitrogen and oxygen atoms in total. The molecule has 4 N–H and O–H groups in total. The first-order valence-corrected chi connectivity index (χ1v) is 6.46. The number of nitrogens with one attached hydrogen (secondary N) is 1. The molecule has 1 aliphatic heterocycles. The van der Waals surface area contributed by atoms with Gasteiger partial charge in [-0.3, -0.25) is 14.5 Å². The van der Waals surface area contributed by atoms with E-state index in [1.807, 2.05) is 0 Å². The maximum atomic E-state index is 12.2. The van der Waals surface area contributed by atoms with Crippen LogP contribution in [-0.2, 0) is 14.3 Å². The summed E-state index contributed by atoms with van der Waals surface area (Å²) in [6.07, 6.45) is -1.80. The van der Waals surface area contributed by atoms with Crippen molar-refractivity contribution in [2.75, 3.05) is 6.54 Å². The number of aliphatic hydroxyl groups is 1. The van der Waals surface area contributed by atoms with E-state index in [1.54, 1.807) is 20.8 Å². The van der Waals surface area contributed by atoms with Crippen molar-refractivity contribution in [3.8, 4) is 0 Å². The molecule has 0 bridgehead atoms. The number of carbonyl (C=O) groups is 3. The summed E-state index contributed by atoms with van der Waals surface area (Å²) < 4.78 is 5.21. The number of nitrogens with two attached hydrogens (primary N) is 1. The minimum absolute atomic E-state index is 0.0787. The highest BCUT2D eigenvalue weighted by Crippen LogP contribution is 2.19. The summed E-state index contributed by atoms with van der Waals surface area (Å²) >= 11 is 0. The smallest absolute Gasteiger partial charge is 0.412 e. The fourth-order valence-corrected chi connectivity index (χ4v) is 1.85. The fraction of sp³-hybridized carbons (Fsp3) is 0.615. The molecule has 0 aromatic carbocycles. The number of aliphatic hydroxyl groups excluding tert-OH is 1. The van der Waals surface area contributed by atoms with Gasteiger partial charge in [0, 0.05) is 12.5 Å². The van der Waals surface area contributed by atoms with Crippen LogP contribution in [0.2, 0.25) is 0 Å². The summed E-state index contributed by atoms with van der Waals surface area (Å²) in [5.41, 5.74) is 4.51. The Morgan fingerprint density at radius 2 is 2.00 bits per heavy atom. The van der Waals surface area contributed by atoms with Gasteiger partial charge in [0.15, 0.2) is 0 Å². The van der Waals surface area contributed by atoms with Gasteiger partial charge >= 0.3 is 6.09 Å². The molecule has 0 fully saturated rings. The van der Waals surface area contributed by atoms with Crippen LogP contribution in [0.15, 0.2) is 11.6 Å². The molecule has 0 saturated heterocycles. The molecular formula is C13H21N3O5. The van der Waals surface area contributed by atoms with Crippen LogP contribution < -0.4 is 11.1 Å². The molecule has 3 amide bonds. The SMILES string of the molecule is CC(=O)N[C@@H]1[C@@H](O)C=C(C(N)=O)CN1C(=O)OC(C)(C)C. The number of rotatable bonds is 2. The van der Waals surface area contributed by atoms with E-state index < -0.39 is 35.8 Å². The van der Waals surface area contributed by atoms with Crippen LogP contribution in [-0.4, -0.2) is 52.3 Å². The molecule has 0 unspecified atom stereocenters. The molecule has 0 radical (unpaired) electrons. The monoisotopic (exact) mass is 299 g/mol. The first-order valence-electron chi connectivity index (χ1n) is 6.46. The van der Waals surface area contributed by atoms with Crippen LogP contribution in [0.4, 0.5) is 4.79 Å². The molecule has 1 aliphatic rings. The number of hydrogen-bond donors (Lipinski definition) is 3. The second-order valence-electron chi connectivity index (χ2n) is 5.80. The largest absolute Gasteiger partial charge is 0.444 e. The predicted octanol–water partition coefficient (Wildman–Crippen LogP) is -0.528. The van der Waals surface area contributed by atoms with Gasteiger partial charge in [-0.15, -0.1) is 0 Å². The van der Waals surface area contributed by atoms with Crippen molar-refractivity contribution in [1.29, 1.82) is 0 Å². The normalized spacial score (nSPS) is 22.3. The maximum absolute atomic E-state index is 12.2. The van der Waals surface area contributed by atoms with E-state index >= 15 is 0 Å². The Morgan fingerprint density at radius 1 is 1.43 bits per heavy atom. The molecule has 0 aromatic rings. The van der Waals surface area contributed by atoms with Crippen LogP contribution >= 0.6 is 0 Å². The zero-order valence-corrected chi connectivity index (χ0v) is 12.5. The zero-order valence-electron chi connectivity index (χ0n) is 12.5. The summed E-state index contributed by atoms with van der Waals surface area (Å²) in [5, 5.41) is 12.5. The van der Waals surface area contributed by atoms with E-state index in [4.69, 9.17) is 10.5 Å². The summed E-state index contributed by atoms with van der Waals surface area (Å²) in [4.78, 5) is 35.7. The number of hydrogen-bond acceptors (Lipinski definition) is 5. The summed E-state index contributed by atoms with van der Waals surface area (Å²) in [5.74, 6) is -1.17. The third-order valence-corrected chi connectivity index (χ3v) is 2.67. The van der Waals surface area contributed by atoms with Crippen molar-refractivity contribution in [2.24, 2.45) is 5.73 Å². The van der Waals surface area contributed by atoms with Gasteiger partial charge in [-0.05, 0) is 26.8 Å². The van der Waals surface area contributed by atoms with Gasteiger partial charge < -0.3 is 20.9 Å². The van der Waals surface area contributed by atoms with Crippen LogP contribution in [0.3, 0.4) is 0 Å². The first-order chi connectivity index (χ1) is 9.51. The molecule has 0 saturated carbocycles. The van der Waals surface area contributed by atoms with Crippen molar-refractivity contribution in [1.82, 2.24) is 10.2 Å². The molecule has 8 heteroatoms. The third-order valence-electron chi connectivity index (χ3n) is 2.67. The second kappa shape index (κ2) is 6.13. The van der Waals surface area contributed by atoms with Gasteiger partial charge in [0.25, 0.3) is 0 Å². The Bertz CT molecular complexity index is 481. The number of amides is 3. The topological polar surface area (TPSA) is 122 Å².